The van der Waals surface area contributed by atoms with Crippen molar-refractivity contribution in [1.82, 2.24) is 10.1 Å². The zero-order valence-corrected chi connectivity index (χ0v) is 25.5. The molecule has 2 heterocycles. The number of anilines is 1. The average Bonchev–Trinajstić information content (AvgIpc) is 3.69. The molecule has 45 heavy (non-hydrogen) atoms. The summed E-state index contributed by atoms with van der Waals surface area (Å²) in [5.74, 6) is -0.235. The summed E-state index contributed by atoms with van der Waals surface area (Å²) in [4.78, 5) is 16.9. The Morgan fingerprint density at radius 2 is 1.73 bits per heavy atom. The molecule has 1 unspecified atom stereocenters. The molecule has 15 heteroatoms. The van der Waals surface area contributed by atoms with Gasteiger partial charge in [0, 0.05) is 31.4 Å². The highest BCUT2D eigenvalue weighted by molar-refractivity contribution is 7.22. The Kier molecular flexibility index (Phi) is 9.16. The second kappa shape index (κ2) is 12.9. The second-order valence-corrected chi connectivity index (χ2v) is 10.6. The summed E-state index contributed by atoms with van der Waals surface area (Å²) in [5, 5.41) is 6.89. The summed E-state index contributed by atoms with van der Waals surface area (Å²) in [6.45, 7) is -0.451. The Morgan fingerprint density at radius 1 is 1.02 bits per heavy atom. The van der Waals surface area contributed by atoms with E-state index in [-0.39, 0.29) is 10.6 Å². The summed E-state index contributed by atoms with van der Waals surface area (Å²) in [7, 11) is 7.39. The molecular weight excluding hydrogens is 619 g/mol. The number of alkyl halides is 3. The van der Waals surface area contributed by atoms with E-state index in [2.05, 4.69) is 15.5 Å². The summed E-state index contributed by atoms with van der Waals surface area (Å²) in [5.41, 5.74) is 1.00. The lowest BCUT2D eigenvalue weighted by Gasteiger charge is -2.36. The van der Waals surface area contributed by atoms with Crippen LogP contribution in [-0.2, 0) is 25.2 Å². The van der Waals surface area contributed by atoms with E-state index in [0.717, 1.165) is 23.5 Å². The topological polar surface area (TPSA) is 123 Å². The van der Waals surface area contributed by atoms with Crippen LogP contribution < -0.4 is 19.5 Å². The first-order chi connectivity index (χ1) is 21.5. The number of methoxy groups -OCH3 is 5. The van der Waals surface area contributed by atoms with Crippen LogP contribution in [0, 0.1) is 0 Å². The first-order valence-electron chi connectivity index (χ1n) is 13.2. The number of rotatable bonds is 11. The van der Waals surface area contributed by atoms with Gasteiger partial charge in [0.05, 0.1) is 37.1 Å². The number of carbonyl (C=O) groups is 1. The smallest absolute Gasteiger partial charge is 0.416 e. The van der Waals surface area contributed by atoms with Crippen molar-refractivity contribution in [3.8, 4) is 28.5 Å². The van der Waals surface area contributed by atoms with Gasteiger partial charge in [-0.1, -0.05) is 16.5 Å². The Labute approximate surface area is 259 Å². The lowest BCUT2D eigenvalue weighted by atomic mass is 9.96. The minimum Gasteiger partial charge on any atom is -0.493 e. The molecule has 0 fully saturated rings. The molecule has 1 N–H and O–H groups in total. The third-order valence-corrected chi connectivity index (χ3v) is 7.92. The summed E-state index contributed by atoms with van der Waals surface area (Å²) < 4.78 is 78.7. The maximum absolute atomic E-state index is 13.1. The third-order valence-electron chi connectivity index (χ3n) is 6.97. The van der Waals surface area contributed by atoms with Crippen molar-refractivity contribution in [1.29, 1.82) is 0 Å². The van der Waals surface area contributed by atoms with Crippen LogP contribution in [0.4, 0.5) is 18.3 Å². The third kappa shape index (κ3) is 6.51. The van der Waals surface area contributed by atoms with Gasteiger partial charge in [-0.2, -0.15) is 13.2 Å². The van der Waals surface area contributed by atoms with E-state index in [1.807, 2.05) is 0 Å². The molecule has 11 nitrogen and oxygen atoms in total. The molecule has 0 spiro atoms. The number of aromatic nitrogens is 2. The molecule has 0 bridgehead atoms. The molecule has 0 radical (unpaired) electrons. The maximum Gasteiger partial charge on any atom is 0.416 e. The van der Waals surface area contributed by atoms with Gasteiger partial charge in [0.15, 0.2) is 22.4 Å². The number of allylic oxidation sites excluding steroid dienone is 2. The van der Waals surface area contributed by atoms with E-state index in [1.165, 1.54) is 41.6 Å². The number of nitrogens with one attached hydrogen (secondary N) is 1. The van der Waals surface area contributed by atoms with E-state index < -0.39 is 36.1 Å². The molecule has 5 rings (SSSR count). The van der Waals surface area contributed by atoms with Crippen molar-refractivity contribution in [2.24, 2.45) is 0 Å². The lowest BCUT2D eigenvalue weighted by Crippen LogP contribution is -2.47. The lowest BCUT2D eigenvalue weighted by molar-refractivity contribution is -0.225. The first-order valence-corrected chi connectivity index (χ1v) is 14.0. The predicted molar refractivity (Wildman–Crippen MR) is 158 cm³/mol. The zero-order chi connectivity index (χ0) is 32.4. The Balaban J connectivity index is 1.33. The van der Waals surface area contributed by atoms with Crippen LogP contribution in [-0.4, -0.2) is 70.1 Å². The van der Waals surface area contributed by atoms with Gasteiger partial charge in [-0.05, 0) is 48.6 Å². The van der Waals surface area contributed by atoms with Crippen molar-refractivity contribution in [2.75, 3.05) is 47.5 Å². The van der Waals surface area contributed by atoms with Crippen molar-refractivity contribution in [3.05, 3.63) is 65.9 Å². The van der Waals surface area contributed by atoms with Crippen molar-refractivity contribution < 1.29 is 50.9 Å². The van der Waals surface area contributed by atoms with Crippen LogP contribution in [0.1, 0.15) is 11.3 Å². The number of benzene rings is 2. The molecular formula is C30H28F3N3O8S. The second-order valence-electron chi connectivity index (χ2n) is 9.55. The van der Waals surface area contributed by atoms with Crippen LogP contribution in [0.5, 0.6) is 17.2 Å². The quantitative estimate of drug-likeness (QED) is 0.195. The monoisotopic (exact) mass is 647 g/mol. The Morgan fingerprint density at radius 3 is 2.36 bits per heavy atom. The molecule has 1 amide bonds. The summed E-state index contributed by atoms with van der Waals surface area (Å²) in [6, 6.07) is 8.39. The molecule has 1 aliphatic rings. The largest absolute Gasteiger partial charge is 0.493 e. The minimum absolute atomic E-state index is 0.117. The fourth-order valence-electron chi connectivity index (χ4n) is 4.67. The molecule has 1 atom stereocenters. The highest BCUT2D eigenvalue weighted by Crippen LogP contribution is 2.42. The van der Waals surface area contributed by atoms with Crippen LogP contribution in [0.3, 0.4) is 0 Å². The number of ether oxygens (including phenoxy) is 6. The average molecular weight is 648 g/mol. The Hall–Kier alpha value is -4.44. The number of hydrogen-bond donors (Lipinski definition) is 1. The van der Waals surface area contributed by atoms with Gasteiger partial charge in [-0.3, -0.25) is 10.1 Å². The van der Waals surface area contributed by atoms with E-state index in [1.54, 1.807) is 36.4 Å². The highest BCUT2D eigenvalue weighted by atomic mass is 32.1. The van der Waals surface area contributed by atoms with E-state index in [0.29, 0.717) is 44.5 Å². The fraction of sp³-hybridized carbons (Fsp3) is 0.300. The molecule has 0 aliphatic heterocycles. The number of hydrogen-bond acceptors (Lipinski definition) is 11. The number of fused-ring (bicyclic) bond motifs is 1. The predicted octanol–water partition coefficient (Wildman–Crippen LogP) is 5.96. The van der Waals surface area contributed by atoms with Crippen molar-refractivity contribution >= 4 is 38.2 Å². The van der Waals surface area contributed by atoms with Gasteiger partial charge in [0.2, 0.25) is 11.5 Å². The Bertz CT molecular complexity index is 1740. The fourth-order valence-corrected chi connectivity index (χ4v) is 5.53. The van der Waals surface area contributed by atoms with Crippen molar-refractivity contribution in [2.45, 2.75) is 18.1 Å². The van der Waals surface area contributed by atoms with Gasteiger partial charge >= 0.3 is 6.18 Å². The molecule has 0 saturated carbocycles. The molecule has 2 aromatic carbocycles. The van der Waals surface area contributed by atoms with Gasteiger partial charge in [0.25, 0.3) is 5.91 Å². The standard InChI is InChI=1S/C30H28F3N3O8S/c1-38-22-10-17(11-23(39-2)27(22)40-3)19-14-21(44-36-19)16-8-9-29(41-4,42-5)25(12-16)43-15-26(37)35-28-34-20-13-18(30(31,32)33)6-7-24(20)45-28/h6-14,25H,15H2,1-5H3,(H,34,35,37). The summed E-state index contributed by atoms with van der Waals surface area (Å²) in [6.07, 6.45) is -0.426. The van der Waals surface area contributed by atoms with Crippen LogP contribution in [0.15, 0.2) is 59.1 Å². The van der Waals surface area contributed by atoms with Gasteiger partial charge in [0.1, 0.15) is 18.4 Å². The number of nitrogens with zero attached hydrogens (tertiary/aromatic N) is 2. The van der Waals surface area contributed by atoms with Crippen LogP contribution in [0.25, 0.3) is 27.0 Å². The number of thiazole rings is 1. The van der Waals surface area contributed by atoms with E-state index in [4.69, 9.17) is 32.9 Å². The zero-order valence-electron chi connectivity index (χ0n) is 24.7. The number of halogens is 3. The molecule has 0 saturated heterocycles. The van der Waals surface area contributed by atoms with Gasteiger partial charge in [-0.15, -0.1) is 0 Å². The normalized spacial score (nSPS) is 16.0. The van der Waals surface area contributed by atoms with Crippen molar-refractivity contribution in [3.63, 3.8) is 0 Å². The maximum atomic E-state index is 13.1. The summed E-state index contributed by atoms with van der Waals surface area (Å²) >= 11 is 1.04. The van der Waals surface area contributed by atoms with Gasteiger partial charge in [-0.25, -0.2) is 4.98 Å². The molecule has 238 valence electrons. The number of amides is 1. The van der Waals surface area contributed by atoms with E-state index >= 15 is 0 Å². The van der Waals surface area contributed by atoms with Crippen LogP contribution in [0.2, 0.25) is 0 Å². The highest BCUT2D eigenvalue weighted by Gasteiger charge is 2.40. The van der Waals surface area contributed by atoms with Gasteiger partial charge < -0.3 is 32.9 Å². The molecule has 4 aromatic rings. The first kappa shape index (κ1) is 32.0. The van der Waals surface area contributed by atoms with Crippen LogP contribution >= 0.6 is 11.3 Å². The minimum atomic E-state index is -4.50. The molecule has 2 aromatic heterocycles. The number of carbonyl (C=O) groups excluding carboxylic acids is 1. The molecule has 1 aliphatic carbocycles. The SMILES string of the molecule is COc1cc(-c2cc(C3=CC(OCC(=O)Nc4nc5cc(C(F)(F)F)ccc5s4)C(OC)(OC)C=C3)on2)cc(OC)c1OC. The van der Waals surface area contributed by atoms with E-state index in [9.17, 15) is 18.0 Å².